The lowest BCUT2D eigenvalue weighted by Crippen LogP contribution is -2.32. The summed E-state index contributed by atoms with van der Waals surface area (Å²) in [5.41, 5.74) is 1.88. The van der Waals surface area contributed by atoms with Crippen LogP contribution in [0, 0.1) is 5.92 Å². The number of hydrogen-bond acceptors (Lipinski definition) is 7. The van der Waals surface area contributed by atoms with E-state index in [0.29, 0.717) is 18.1 Å². The van der Waals surface area contributed by atoms with E-state index in [4.69, 9.17) is 4.74 Å². The highest BCUT2D eigenvalue weighted by Crippen LogP contribution is 2.38. The molecule has 166 valence electrons. The van der Waals surface area contributed by atoms with Crippen molar-refractivity contribution in [3.63, 3.8) is 0 Å². The number of para-hydroxylation sites is 1. The van der Waals surface area contributed by atoms with E-state index < -0.39 is 29.1 Å². The van der Waals surface area contributed by atoms with Crippen LogP contribution in [-0.4, -0.2) is 18.0 Å². The lowest BCUT2D eigenvalue weighted by atomic mass is 10.0. The number of rotatable bonds is 11. The van der Waals surface area contributed by atoms with E-state index in [-0.39, 0.29) is 6.42 Å². The zero-order valence-electron chi connectivity index (χ0n) is 17.0. The van der Waals surface area contributed by atoms with Crippen molar-refractivity contribution in [3.8, 4) is 11.5 Å². The number of hydrogen-bond donors (Lipinski definition) is 0. The molecule has 0 bridgehead atoms. The maximum Gasteiger partial charge on any atom is 0.130 e. The van der Waals surface area contributed by atoms with E-state index in [9.17, 15) is 27.3 Å². The summed E-state index contributed by atoms with van der Waals surface area (Å²) in [6.07, 6.45) is 1.77. The summed E-state index contributed by atoms with van der Waals surface area (Å²) in [4.78, 5) is 19.7. The van der Waals surface area contributed by atoms with Crippen LogP contribution in [0.1, 0.15) is 44.2 Å². The fourth-order valence-electron chi connectivity index (χ4n) is 3.09. The Morgan fingerprint density at radius 2 is 1.70 bits per heavy atom. The van der Waals surface area contributed by atoms with Crippen molar-refractivity contribution in [2.75, 3.05) is 0 Å². The van der Waals surface area contributed by atoms with Gasteiger partial charge in [-0.3, -0.25) is 0 Å². The van der Waals surface area contributed by atoms with Crippen LogP contribution in [0.3, 0.4) is 0 Å². The van der Waals surface area contributed by atoms with Gasteiger partial charge in [0.15, 0.2) is 0 Å². The molecule has 0 spiro atoms. The van der Waals surface area contributed by atoms with Crippen LogP contribution in [0.15, 0.2) is 48.5 Å². The molecule has 7 nitrogen and oxygen atoms in total. The maximum atomic E-state index is 11.1. The highest BCUT2D eigenvalue weighted by molar-refractivity contribution is 7.93. The Kier molecular flexibility index (Phi) is 8.64. The molecule has 1 atom stereocenters. The van der Waals surface area contributed by atoms with Crippen molar-refractivity contribution < 1.29 is 32.1 Å². The Hall–Kier alpha value is -1.70. The molecule has 0 aliphatic rings. The molecule has 1 unspecified atom stereocenters. The predicted octanol–water partition coefficient (Wildman–Crippen LogP) is 3.18. The van der Waals surface area contributed by atoms with E-state index in [1.807, 2.05) is 24.3 Å². The summed E-state index contributed by atoms with van der Waals surface area (Å²) in [6, 6.07) is 14.9. The Balaban J connectivity index is 2.05. The zero-order valence-corrected chi connectivity index (χ0v) is 18.7. The van der Waals surface area contributed by atoms with Gasteiger partial charge in [-0.15, -0.1) is 0 Å². The molecule has 30 heavy (non-hydrogen) atoms. The van der Waals surface area contributed by atoms with Gasteiger partial charge in [0, 0.05) is 0 Å². The van der Waals surface area contributed by atoms with Crippen LogP contribution in [0.2, 0.25) is 0 Å². The van der Waals surface area contributed by atoms with Gasteiger partial charge < -0.3 is 23.6 Å². The second-order valence-corrected chi connectivity index (χ2v) is 11.3. The van der Waals surface area contributed by atoms with Crippen LogP contribution in [0.4, 0.5) is 0 Å². The van der Waals surface area contributed by atoms with Crippen molar-refractivity contribution >= 4 is 17.7 Å². The van der Waals surface area contributed by atoms with Gasteiger partial charge in [0.25, 0.3) is 0 Å². The van der Waals surface area contributed by atoms with E-state index >= 15 is 0 Å². The normalized spacial score (nSPS) is 13.4. The third kappa shape index (κ3) is 7.85. The smallest absolute Gasteiger partial charge is 0.130 e. The van der Waals surface area contributed by atoms with Crippen LogP contribution >= 0.6 is 7.60 Å². The molecule has 0 radical (unpaired) electrons. The second kappa shape index (κ2) is 10.6. The Morgan fingerprint density at radius 1 is 1.00 bits per heavy atom. The summed E-state index contributed by atoms with van der Waals surface area (Å²) in [5, 5.41) is 0. The first-order chi connectivity index (χ1) is 14.0. The van der Waals surface area contributed by atoms with E-state index in [1.54, 1.807) is 24.3 Å². The van der Waals surface area contributed by atoms with Crippen molar-refractivity contribution in [1.29, 1.82) is 0 Å². The first-order valence-corrected chi connectivity index (χ1v) is 12.9. The fourth-order valence-corrected chi connectivity index (χ4v) is 5.31. The minimum atomic E-state index is -5.52. The lowest BCUT2D eigenvalue weighted by Gasteiger charge is -2.39. The number of ether oxygens (including phenoxy) is 1. The van der Waals surface area contributed by atoms with Crippen LogP contribution in [0.25, 0.3) is 0 Å². The monoisotopic (exact) mass is 453 g/mol. The van der Waals surface area contributed by atoms with Gasteiger partial charge in [-0.2, -0.15) is 0 Å². The summed E-state index contributed by atoms with van der Waals surface area (Å²) in [7, 11) is -10.7. The van der Waals surface area contributed by atoms with E-state index in [2.05, 4.69) is 13.8 Å². The van der Waals surface area contributed by atoms with Gasteiger partial charge in [-0.1, -0.05) is 51.8 Å². The molecular weight excluding hydrogens is 427 g/mol. The van der Waals surface area contributed by atoms with Gasteiger partial charge in [0.05, 0.1) is 4.99 Å². The van der Waals surface area contributed by atoms with Gasteiger partial charge in [-0.25, -0.2) is 8.42 Å². The minimum Gasteiger partial charge on any atom is -0.810 e. The molecular formula is C21H26O7PS-3. The lowest BCUT2D eigenvalue weighted by molar-refractivity contribution is -0.314. The molecule has 0 saturated carbocycles. The third-order valence-electron chi connectivity index (χ3n) is 4.69. The van der Waals surface area contributed by atoms with Crippen molar-refractivity contribution in [3.05, 3.63) is 59.7 Å². The summed E-state index contributed by atoms with van der Waals surface area (Å²) in [5.74, 6) is 1.92. The molecule has 9 heteroatoms. The first kappa shape index (κ1) is 24.6. The van der Waals surface area contributed by atoms with Crippen LogP contribution in [-0.2, 0) is 27.5 Å². The highest BCUT2D eigenvalue weighted by Gasteiger charge is 2.20. The van der Waals surface area contributed by atoms with E-state index in [1.165, 1.54) is 0 Å². The molecule has 0 aromatic heterocycles. The number of benzene rings is 2. The Morgan fingerprint density at radius 3 is 2.33 bits per heavy atom. The SMILES string of the molecule is CC(C)CCc1ccccc1Oc1cccc(CCCC(P(=O)([O-])[O-])S(=O)(=O)[O-])c1. The molecule has 2 rings (SSSR count). The molecule has 0 heterocycles. The molecule has 0 aliphatic carbocycles. The van der Waals surface area contributed by atoms with Gasteiger partial charge in [0.1, 0.15) is 21.6 Å². The topological polar surface area (TPSA) is 130 Å². The summed E-state index contributed by atoms with van der Waals surface area (Å²) in [6.45, 7) is 4.32. The molecule has 0 saturated heterocycles. The first-order valence-electron chi connectivity index (χ1n) is 9.78. The van der Waals surface area contributed by atoms with Gasteiger partial charge in [0.2, 0.25) is 0 Å². The summed E-state index contributed by atoms with van der Waals surface area (Å²) < 4.78 is 50.3. The maximum absolute atomic E-state index is 11.1. The molecule has 2 aromatic rings. The molecule has 0 N–H and O–H groups in total. The second-order valence-electron chi connectivity index (χ2n) is 7.67. The average Bonchev–Trinajstić information content (AvgIpc) is 2.63. The minimum absolute atomic E-state index is 0.0645. The van der Waals surface area contributed by atoms with Crippen molar-refractivity contribution in [2.45, 2.75) is 50.9 Å². The summed E-state index contributed by atoms with van der Waals surface area (Å²) >= 11 is 0. The standard InChI is InChI=1S/C21H29O7PS/c1-16(2)13-14-18-9-3-4-11-20(18)28-19-10-5-7-17(15-19)8-6-12-21(29(22,23)24)30(25,26)27/h3-5,7,9-11,15-16,21H,6,8,12-14H2,1-2H3,(H2,22,23,24)(H,25,26,27)/p-3. The largest absolute Gasteiger partial charge is 0.810 e. The molecule has 0 fully saturated rings. The van der Waals surface area contributed by atoms with Gasteiger partial charge in [-0.05, 0) is 67.3 Å². The number of aryl methyl sites for hydroxylation is 2. The zero-order chi connectivity index (χ0) is 22.4. The quantitative estimate of drug-likeness (QED) is 0.377. The average molecular weight is 453 g/mol. The molecule has 2 aromatic carbocycles. The van der Waals surface area contributed by atoms with E-state index in [0.717, 1.165) is 29.7 Å². The van der Waals surface area contributed by atoms with Crippen molar-refractivity contribution in [2.24, 2.45) is 5.92 Å². The molecule has 0 amide bonds. The Labute approximate surface area is 178 Å². The van der Waals surface area contributed by atoms with Gasteiger partial charge >= 0.3 is 0 Å². The fraction of sp³-hybridized carbons (Fsp3) is 0.429. The molecule has 0 aliphatic heterocycles. The van der Waals surface area contributed by atoms with Crippen LogP contribution < -0.4 is 14.5 Å². The predicted molar refractivity (Wildman–Crippen MR) is 110 cm³/mol. The third-order valence-corrected chi connectivity index (χ3v) is 8.11. The highest BCUT2D eigenvalue weighted by atomic mass is 32.2. The van der Waals surface area contributed by atoms with Crippen molar-refractivity contribution in [1.82, 2.24) is 0 Å². The Bertz CT molecular complexity index is 982. The van der Waals surface area contributed by atoms with Crippen LogP contribution in [0.5, 0.6) is 11.5 Å².